The Balaban J connectivity index is 2.23. The molecule has 0 unspecified atom stereocenters. The molecule has 0 atom stereocenters. The van der Waals surface area contributed by atoms with Crippen LogP contribution in [0.3, 0.4) is 0 Å². The molecule has 0 aromatic carbocycles. The van der Waals surface area contributed by atoms with Gasteiger partial charge in [-0.1, -0.05) is 5.92 Å². The summed E-state index contributed by atoms with van der Waals surface area (Å²) < 4.78 is 0. The fraction of sp³-hybridized carbons (Fsp3) is 0.600. The molecular formula is C5H6BrN. The van der Waals surface area contributed by atoms with Gasteiger partial charge in [-0.25, -0.2) is 0 Å². The smallest absolute Gasteiger partial charge is 0.0461 e. The predicted octanol–water partition coefficient (Wildman–Crippen LogP) is 0.562. The van der Waals surface area contributed by atoms with Gasteiger partial charge in [0.25, 0.3) is 0 Å². The summed E-state index contributed by atoms with van der Waals surface area (Å²) in [6.07, 6.45) is 0. The molecule has 0 bridgehead atoms. The summed E-state index contributed by atoms with van der Waals surface area (Å²) in [6, 6.07) is 0. The van der Waals surface area contributed by atoms with E-state index in [0.717, 1.165) is 13.1 Å². The molecule has 1 fully saturated rings. The van der Waals surface area contributed by atoms with Crippen LogP contribution in [-0.2, 0) is 0 Å². The number of halogens is 1. The van der Waals surface area contributed by atoms with Crippen LogP contribution in [0.1, 0.15) is 0 Å². The van der Waals surface area contributed by atoms with Crippen molar-refractivity contribution in [1.29, 1.82) is 0 Å². The molecule has 1 aliphatic heterocycles. The Hall–Kier alpha value is 0.00000000000000000694. The highest BCUT2D eigenvalue weighted by molar-refractivity contribution is 9.12. The Kier molecular flexibility index (Phi) is 1.72. The third-order valence-corrected chi connectivity index (χ3v) is 1.27. The van der Waals surface area contributed by atoms with Gasteiger partial charge in [0.1, 0.15) is 0 Å². The van der Waals surface area contributed by atoms with E-state index in [-0.39, 0.29) is 0 Å². The first-order valence-corrected chi connectivity index (χ1v) is 3.04. The van der Waals surface area contributed by atoms with Gasteiger partial charge in [-0.05, 0) is 4.83 Å². The number of hydrogen-bond donors (Lipinski definition) is 1. The zero-order valence-electron chi connectivity index (χ0n) is 3.87. The van der Waals surface area contributed by atoms with Gasteiger partial charge in [-0.2, -0.15) is 0 Å². The molecule has 0 aromatic heterocycles. The zero-order chi connectivity index (χ0) is 5.11. The molecule has 1 heterocycles. The first-order valence-electron chi connectivity index (χ1n) is 2.25. The van der Waals surface area contributed by atoms with Gasteiger partial charge >= 0.3 is 0 Å². The lowest BCUT2D eigenvalue weighted by Gasteiger charge is -2.20. The van der Waals surface area contributed by atoms with Gasteiger partial charge in [0.15, 0.2) is 0 Å². The van der Waals surface area contributed by atoms with Crippen molar-refractivity contribution in [2.45, 2.75) is 0 Å². The van der Waals surface area contributed by atoms with E-state index in [4.69, 9.17) is 0 Å². The average molecular weight is 160 g/mol. The van der Waals surface area contributed by atoms with E-state index < -0.39 is 0 Å². The van der Waals surface area contributed by atoms with E-state index in [0.29, 0.717) is 5.92 Å². The molecule has 1 saturated heterocycles. The summed E-state index contributed by atoms with van der Waals surface area (Å²) in [5, 5.41) is 3.12. The largest absolute Gasteiger partial charge is 0.314 e. The van der Waals surface area contributed by atoms with E-state index in [1.54, 1.807) is 0 Å². The Bertz CT molecular complexity index is 107. The van der Waals surface area contributed by atoms with E-state index in [2.05, 4.69) is 32.0 Å². The van der Waals surface area contributed by atoms with Crippen LogP contribution in [0.4, 0.5) is 0 Å². The molecule has 7 heavy (non-hydrogen) atoms. The molecule has 0 aliphatic carbocycles. The Labute approximate surface area is 51.6 Å². The predicted molar refractivity (Wildman–Crippen MR) is 33.1 cm³/mol. The molecule has 0 amide bonds. The maximum Gasteiger partial charge on any atom is 0.0461 e. The SMILES string of the molecule is BrC#CC1CNC1. The van der Waals surface area contributed by atoms with E-state index in [9.17, 15) is 0 Å². The van der Waals surface area contributed by atoms with E-state index in [1.807, 2.05) is 0 Å². The van der Waals surface area contributed by atoms with Crippen LogP contribution >= 0.6 is 15.9 Å². The topological polar surface area (TPSA) is 12.0 Å². The maximum absolute atomic E-state index is 3.12. The van der Waals surface area contributed by atoms with E-state index >= 15 is 0 Å². The Morgan fingerprint density at radius 3 is 2.43 bits per heavy atom. The minimum absolute atomic E-state index is 0.611. The second-order valence-electron chi connectivity index (χ2n) is 1.59. The van der Waals surface area contributed by atoms with Gasteiger partial charge < -0.3 is 5.32 Å². The Morgan fingerprint density at radius 1 is 1.57 bits per heavy atom. The lowest BCUT2D eigenvalue weighted by Crippen LogP contribution is -2.40. The van der Waals surface area contributed by atoms with Crippen LogP contribution in [0.25, 0.3) is 0 Å². The van der Waals surface area contributed by atoms with Crippen LogP contribution in [0.2, 0.25) is 0 Å². The molecule has 2 heteroatoms. The van der Waals surface area contributed by atoms with Crippen molar-refractivity contribution in [3.8, 4) is 10.8 Å². The first kappa shape index (κ1) is 5.14. The second-order valence-corrected chi connectivity index (χ2v) is 1.99. The normalized spacial score (nSPS) is 19.6. The van der Waals surface area contributed by atoms with E-state index in [1.165, 1.54) is 0 Å². The molecule has 0 saturated carbocycles. The van der Waals surface area contributed by atoms with Gasteiger partial charge in [-0.3, -0.25) is 0 Å². The third-order valence-electron chi connectivity index (χ3n) is 1.04. The summed E-state index contributed by atoms with van der Waals surface area (Å²) in [5.41, 5.74) is 0. The highest BCUT2D eigenvalue weighted by Crippen LogP contribution is 1.99. The number of hydrogen-bond acceptors (Lipinski definition) is 1. The van der Waals surface area contributed by atoms with Crippen LogP contribution in [0.15, 0.2) is 0 Å². The minimum Gasteiger partial charge on any atom is -0.314 e. The lowest BCUT2D eigenvalue weighted by atomic mass is 10.1. The fourth-order valence-corrected chi connectivity index (χ4v) is 0.792. The molecule has 1 rings (SSSR count). The molecule has 0 aromatic rings. The molecule has 38 valence electrons. The van der Waals surface area contributed by atoms with Crippen molar-refractivity contribution in [1.82, 2.24) is 5.32 Å². The van der Waals surface area contributed by atoms with Crippen molar-refractivity contribution >= 4 is 15.9 Å². The molecule has 1 nitrogen and oxygen atoms in total. The third kappa shape index (κ3) is 1.19. The van der Waals surface area contributed by atoms with Gasteiger partial charge in [0.05, 0.1) is 0 Å². The van der Waals surface area contributed by atoms with Gasteiger partial charge in [0, 0.05) is 34.9 Å². The molecular weight excluding hydrogens is 154 g/mol. The number of rotatable bonds is 0. The molecule has 0 radical (unpaired) electrons. The molecule has 1 aliphatic rings. The van der Waals surface area contributed by atoms with Crippen LogP contribution in [0, 0.1) is 16.7 Å². The minimum atomic E-state index is 0.611. The van der Waals surface area contributed by atoms with Crippen molar-refractivity contribution in [2.24, 2.45) is 5.92 Å². The molecule has 1 N–H and O–H groups in total. The lowest BCUT2D eigenvalue weighted by molar-refractivity contribution is 0.432. The van der Waals surface area contributed by atoms with Crippen molar-refractivity contribution in [3.05, 3.63) is 0 Å². The summed E-state index contributed by atoms with van der Waals surface area (Å²) in [7, 11) is 0. The summed E-state index contributed by atoms with van der Waals surface area (Å²) in [6.45, 7) is 2.14. The fourth-order valence-electron chi connectivity index (χ4n) is 0.468. The van der Waals surface area contributed by atoms with Crippen molar-refractivity contribution in [2.75, 3.05) is 13.1 Å². The van der Waals surface area contributed by atoms with Gasteiger partial charge in [0.2, 0.25) is 0 Å². The first-order chi connectivity index (χ1) is 3.43. The highest BCUT2D eigenvalue weighted by Gasteiger charge is 2.11. The summed E-state index contributed by atoms with van der Waals surface area (Å²) >= 11 is 3.04. The number of nitrogens with one attached hydrogen (secondary N) is 1. The van der Waals surface area contributed by atoms with Crippen molar-refractivity contribution in [3.63, 3.8) is 0 Å². The highest BCUT2D eigenvalue weighted by atomic mass is 79.9. The monoisotopic (exact) mass is 159 g/mol. The van der Waals surface area contributed by atoms with Crippen LogP contribution in [0.5, 0.6) is 0 Å². The van der Waals surface area contributed by atoms with Crippen molar-refractivity contribution < 1.29 is 0 Å². The standard InChI is InChI=1S/C5H6BrN/c6-2-1-5-3-7-4-5/h5,7H,3-4H2. The van der Waals surface area contributed by atoms with Crippen LogP contribution in [-0.4, -0.2) is 13.1 Å². The quantitative estimate of drug-likeness (QED) is 0.510. The second kappa shape index (κ2) is 2.34. The van der Waals surface area contributed by atoms with Gasteiger partial charge in [-0.15, -0.1) is 0 Å². The Morgan fingerprint density at radius 2 is 2.29 bits per heavy atom. The summed E-state index contributed by atoms with van der Waals surface area (Å²) in [5.74, 6) is 3.60. The maximum atomic E-state index is 3.12. The average Bonchev–Trinajstić information content (AvgIpc) is 1.55. The zero-order valence-corrected chi connectivity index (χ0v) is 5.46. The summed E-state index contributed by atoms with van der Waals surface area (Å²) in [4.78, 5) is 2.69. The van der Waals surface area contributed by atoms with Crippen LogP contribution < -0.4 is 5.32 Å². The molecule has 0 spiro atoms.